The molecule has 1 saturated carbocycles. The zero-order chi connectivity index (χ0) is 8.97. The summed E-state index contributed by atoms with van der Waals surface area (Å²) >= 11 is 0. The minimum Gasteiger partial charge on any atom is -0.317 e. The minimum atomic E-state index is 0.320. The SMILES string of the molecule is CCC(NO)C1CCCCC1C. The highest BCUT2D eigenvalue weighted by Crippen LogP contribution is 2.32. The fraction of sp³-hybridized carbons (Fsp3) is 1.00. The van der Waals surface area contributed by atoms with Crippen LogP contribution in [0.2, 0.25) is 0 Å². The largest absolute Gasteiger partial charge is 0.317 e. The van der Waals surface area contributed by atoms with Crippen LogP contribution in [0, 0.1) is 11.8 Å². The number of hydrogen-bond donors (Lipinski definition) is 2. The predicted molar refractivity (Wildman–Crippen MR) is 50.1 cm³/mol. The molecule has 1 fully saturated rings. The van der Waals surface area contributed by atoms with Crippen molar-refractivity contribution in [1.82, 2.24) is 5.48 Å². The van der Waals surface area contributed by atoms with Crippen LogP contribution in [0.5, 0.6) is 0 Å². The molecule has 3 atom stereocenters. The van der Waals surface area contributed by atoms with Gasteiger partial charge >= 0.3 is 0 Å². The van der Waals surface area contributed by atoms with Gasteiger partial charge in [-0.3, -0.25) is 0 Å². The van der Waals surface area contributed by atoms with Gasteiger partial charge in [0, 0.05) is 6.04 Å². The van der Waals surface area contributed by atoms with E-state index < -0.39 is 0 Å². The smallest absolute Gasteiger partial charge is 0.0347 e. The van der Waals surface area contributed by atoms with Crippen molar-refractivity contribution in [2.45, 2.75) is 52.0 Å². The van der Waals surface area contributed by atoms with Crippen molar-refractivity contribution in [2.24, 2.45) is 11.8 Å². The van der Waals surface area contributed by atoms with Crippen molar-refractivity contribution >= 4 is 0 Å². The summed E-state index contributed by atoms with van der Waals surface area (Å²) in [5.74, 6) is 1.47. The fourth-order valence-corrected chi connectivity index (χ4v) is 2.43. The van der Waals surface area contributed by atoms with Crippen molar-refractivity contribution in [2.75, 3.05) is 0 Å². The van der Waals surface area contributed by atoms with E-state index in [1.54, 1.807) is 0 Å². The van der Waals surface area contributed by atoms with E-state index in [1.165, 1.54) is 25.7 Å². The first kappa shape index (κ1) is 10.0. The molecule has 0 aromatic heterocycles. The van der Waals surface area contributed by atoms with Crippen molar-refractivity contribution < 1.29 is 5.21 Å². The van der Waals surface area contributed by atoms with Gasteiger partial charge in [0.15, 0.2) is 0 Å². The third-order valence-electron chi connectivity index (χ3n) is 3.30. The summed E-state index contributed by atoms with van der Waals surface area (Å²) < 4.78 is 0. The third kappa shape index (κ3) is 2.20. The molecule has 72 valence electrons. The van der Waals surface area contributed by atoms with Crippen LogP contribution in [0.4, 0.5) is 0 Å². The minimum absolute atomic E-state index is 0.320. The van der Waals surface area contributed by atoms with Crippen LogP contribution in [0.3, 0.4) is 0 Å². The van der Waals surface area contributed by atoms with Gasteiger partial charge < -0.3 is 5.21 Å². The number of rotatable bonds is 3. The Bertz CT molecular complexity index is 123. The Labute approximate surface area is 75.3 Å². The quantitative estimate of drug-likeness (QED) is 0.640. The van der Waals surface area contributed by atoms with Crippen molar-refractivity contribution in [3.63, 3.8) is 0 Å². The van der Waals surface area contributed by atoms with Crippen LogP contribution < -0.4 is 5.48 Å². The summed E-state index contributed by atoms with van der Waals surface area (Å²) in [5.41, 5.74) is 2.45. The highest BCUT2D eigenvalue weighted by Gasteiger charge is 2.27. The van der Waals surface area contributed by atoms with E-state index in [-0.39, 0.29) is 0 Å². The van der Waals surface area contributed by atoms with Crippen LogP contribution >= 0.6 is 0 Å². The Balaban J connectivity index is 2.45. The molecule has 0 spiro atoms. The molecule has 1 rings (SSSR count). The van der Waals surface area contributed by atoms with E-state index >= 15 is 0 Å². The summed E-state index contributed by atoms with van der Waals surface area (Å²) in [5, 5.41) is 8.95. The average molecular weight is 171 g/mol. The van der Waals surface area contributed by atoms with Crippen LogP contribution in [-0.4, -0.2) is 11.2 Å². The summed E-state index contributed by atoms with van der Waals surface area (Å²) in [6, 6.07) is 0.320. The van der Waals surface area contributed by atoms with Crippen molar-refractivity contribution in [3.05, 3.63) is 0 Å². The predicted octanol–water partition coefficient (Wildman–Crippen LogP) is 2.57. The average Bonchev–Trinajstić information content (AvgIpc) is 2.10. The number of hydrogen-bond acceptors (Lipinski definition) is 2. The first-order valence-corrected chi connectivity index (χ1v) is 5.19. The van der Waals surface area contributed by atoms with Gasteiger partial charge in [-0.1, -0.05) is 33.1 Å². The molecule has 2 N–H and O–H groups in total. The zero-order valence-corrected chi connectivity index (χ0v) is 8.21. The lowest BCUT2D eigenvalue weighted by Gasteiger charge is -2.34. The monoisotopic (exact) mass is 171 g/mol. The molecule has 2 nitrogen and oxygen atoms in total. The molecule has 0 aliphatic heterocycles. The van der Waals surface area contributed by atoms with E-state index in [0.29, 0.717) is 12.0 Å². The zero-order valence-electron chi connectivity index (χ0n) is 8.21. The lowest BCUT2D eigenvalue weighted by molar-refractivity contribution is 0.0629. The van der Waals surface area contributed by atoms with E-state index in [0.717, 1.165) is 12.3 Å². The Kier molecular flexibility index (Phi) is 4.02. The van der Waals surface area contributed by atoms with Crippen LogP contribution in [-0.2, 0) is 0 Å². The molecule has 1 aliphatic carbocycles. The third-order valence-corrected chi connectivity index (χ3v) is 3.30. The Morgan fingerprint density at radius 1 is 1.42 bits per heavy atom. The highest BCUT2D eigenvalue weighted by atomic mass is 16.5. The molecule has 2 heteroatoms. The first-order valence-electron chi connectivity index (χ1n) is 5.19. The summed E-state index contributed by atoms with van der Waals surface area (Å²) in [6.07, 6.45) is 6.37. The van der Waals surface area contributed by atoms with E-state index in [4.69, 9.17) is 5.21 Å². The Morgan fingerprint density at radius 2 is 2.08 bits per heavy atom. The topological polar surface area (TPSA) is 32.3 Å². The summed E-state index contributed by atoms with van der Waals surface area (Å²) in [4.78, 5) is 0. The number of hydroxylamine groups is 1. The first-order chi connectivity index (χ1) is 5.79. The van der Waals surface area contributed by atoms with Gasteiger partial charge in [-0.05, 0) is 24.7 Å². The van der Waals surface area contributed by atoms with Gasteiger partial charge in [0.1, 0.15) is 0 Å². The highest BCUT2D eigenvalue weighted by molar-refractivity contribution is 4.80. The molecule has 0 heterocycles. The summed E-state index contributed by atoms with van der Waals surface area (Å²) in [7, 11) is 0. The lowest BCUT2D eigenvalue weighted by Crippen LogP contribution is -2.38. The molecule has 0 aromatic rings. The van der Waals surface area contributed by atoms with Gasteiger partial charge in [0.2, 0.25) is 0 Å². The Hall–Kier alpha value is -0.0800. The maximum absolute atomic E-state index is 8.95. The molecule has 0 aromatic carbocycles. The van der Waals surface area contributed by atoms with E-state index in [2.05, 4.69) is 19.3 Å². The van der Waals surface area contributed by atoms with Crippen LogP contribution in [0.1, 0.15) is 46.0 Å². The van der Waals surface area contributed by atoms with Gasteiger partial charge in [-0.25, -0.2) is 5.48 Å². The maximum atomic E-state index is 8.95. The second kappa shape index (κ2) is 4.83. The Morgan fingerprint density at radius 3 is 2.58 bits per heavy atom. The second-order valence-electron chi connectivity index (χ2n) is 4.07. The lowest BCUT2D eigenvalue weighted by atomic mass is 9.76. The normalized spacial score (nSPS) is 33.2. The summed E-state index contributed by atoms with van der Waals surface area (Å²) in [6.45, 7) is 4.44. The molecule has 3 unspecified atom stereocenters. The second-order valence-corrected chi connectivity index (χ2v) is 4.07. The van der Waals surface area contributed by atoms with Gasteiger partial charge in [-0.15, -0.1) is 0 Å². The molecule has 0 radical (unpaired) electrons. The van der Waals surface area contributed by atoms with E-state index in [9.17, 15) is 0 Å². The van der Waals surface area contributed by atoms with Gasteiger partial charge in [0.25, 0.3) is 0 Å². The number of nitrogens with one attached hydrogen (secondary N) is 1. The van der Waals surface area contributed by atoms with Crippen LogP contribution in [0.15, 0.2) is 0 Å². The van der Waals surface area contributed by atoms with Crippen molar-refractivity contribution in [3.8, 4) is 0 Å². The fourth-order valence-electron chi connectivity index (χ4n) is 2.43. The molecular formula is C10H21NO. The van der Waals surface area contributed by atoms with Gasteiger partial charge in [0.05, 0.1) is 0 Å². The molecule has 12 heavy (non-hydrogen) atoms. The van der Waals surface area contributed by atoms with Gasteiger partial charge in [-0.2, -0.15) is 0 Å². The molecule has 1 aliphatic rings. The van der Waals surface area contributed by atoms with E-state index in [1.807, 2.05) is 0 Å². The molecular weight excluding hydrogens is 150 g/mol. The van der Waals surface area contributed by atoms with Crippen LogP contribution in [0.25, 0.3) is 0 Å². The molecule has 0 amide bonds. The molecule has 0 saturated heterocycles. The van der Waals surface area contributed by atoms with Crippen molar-refractivity contribution in [1.29, 1.82) is 0 Å². The standard InChI is InChI=1S/C10H21NO/c1-3-10(11-12)9-7-5-4-6-8(9)2/h8-12H,3-7H2,1-2H3. The maximum Gasteiger partial charge on any atom is 0.0347 e. The molecule has 0 bridgehead atoms.